The van der Waals surface area contributed by atoms with Crippen molar-refractivity contribution in [2.45, 2.75) is 69.0 Å². The van der Waals surface area contributed by atoms with Crippen LogP contribution in [0.1, 0.15) is 29.7 Å². The topological polar surface area (TPSA) is 27.7 Å². The minimum atomic E-state index is -2.30. The molecule has 0 aliphatic heterocycles. The molecule has 0 fully saturated rings. The second-order valence-corrected chi connectivity index (χ2v) is 16.1. The summed E-state index contributed by atoms with van der Waals surface area (Å²) in [6, 6.07) is 10.4. The summed E-state index contributed by atoms with van der Waals surface area (Å²) in [7, 11) is -6.07. The van der Waals surface area contributed by atoms with Gasteiger partial charge >= 0.3 is 8.56 Å². The van der Waals surface area contributed by atoms with Gasteiger partial charge in [0.1, 0.15) is 0 Å². The Bertz CT molecular complexity index is 383. The zero-order chi connectivity index (χ0) is 14.5. The van der Waals surface area contributed by atoms with E-state index in [0.717, 1.165) is 0 Å². The maximum Gasteiger partial charge on any atom is 0.349 e. The van der Waals surface area contributed by atoms with Crippen molar-refractivity contribution in [2.24, 2.45) is 0 Å². The monoisotopic (exact) mass is 445 g/mol. The summed E-state index contributed by atoms with van der Waals surface area (Å²) in [5.74, 6) is 0. The molecular formula is C16H42O3Si4V. The van der Waals surface area contributed by atoms with Crippen molar-refractivity contribution in [2.75, 3.05) is 0 Å². The van der Waals surface area contributed by atoms with Crippen LogP contribution >= 0.6 is 0 Å². The number of hydrogen-bond acceptors (Lipinski definition) is 3. The van der Waals surface area contributed by atoms with E-state index in [-0.39, 0.29) is 48.3 Å². The molecule has 0 saturated heterocycles. The van der Waals surface area contributed by atoms with Crippen molar-refractivity contribution in [1.82, 2.24) is 0 Å². The average molecular weight is 446 g/mol. The predicted octanol–water partition coefficient (Wildman–Crippen LogP) is 4.37. The van der Waals surface area contributed by atoms with Crippen molar-refractivity contribution < 1.29 is 30.9 Å². The molecule has 0 aromatic heterocycles. The molecule has 145 valence electrons. The summed E-state index contributed by atoms with van der Waals surface area (Å²) in [6.07, 6.45) is 0. The van der Waals surface area contributed by atoms with Gasteiger partial charge in [-0.2, -0.15) is 0 Å². The Hall–Kier alpha value is 0.552. The van der Waals surface area contributed by atoms with Crippen molar-refractivity contribution in [3.05, 3.63) is 30.3 Å². The van der Waals surface area contributed by atoms with E-state index in [0.29, 0.717) is 0 Å². The summed E-state index contributed by atoms with van der Waals surface area (Å²) >= 11 is 0. The van der Waals surface area contributed by atoms with Crippen LogP contribution in [-0.2, 0) is 30.9 Å². The molecule has 0 N–H and O–H groups in total. The summed E-state index contributed by atoms with van der Waals surface area (Å²) < 4.78 is 18.6. The largest absolute Gasteiger partial charge is 0.442 e. The summed E-state index contributed by atoms with van der Waals surface area (Å²) in [4.78, 5) is 0. The Kier molecular flexibility index (Phi) is 25.2. The van der Waals surface area contributed by atoms with Crippen molar-refractivity contribution >= 4 is 41.1 Å². The van der Waals surface area contributed by atoms with Crippen LogP contribution in [-0.4, -0.2) is 35.9 Å². The van der Waals surface area contributed by atoms with Crippen molar-refractivity contribution in [3.63, 3.8) is 0 Å². The van der Waals surface area contributed by atoms with E-state index in [4.69, 9.17) is 12.3 Å². The van der Waals surface area contributed by atoms with E-state index >= 15 is 0 Å². The molecule has 3 nitrogen and oxygen atoms in total. The zero-order valence-corrected chi connectivity index (χ0v) is 19.2. The van der Waals surface area contributed by atoms with E-state index in [1.54, 1.807) is 0 Å². The number of rotatable bonds is 7. The molecule has 0 saturated carbocycles. The third-order valence-electron chi connectivity index (χ3n) is 2.61. The Labute approximate surface area is 171 Å². The SMILES string of the molecule is C.C.C.C.C[SiH](C)O[SiH](C)O[Si](C)(O[SiH](C)C)c1ccccc1.[V]. The minimum absolute atomic E-state index is 0. The van der Waals surface area contributed by atoms with Gasteiger partial charge in [0.25, 0.3) is 9.28 Å². The van der Waals surface area contributed by atoms with Crippen LogP contribution in [0.5, 0.6) is 0 Å². The molecule has 8 heteroatoms. The Morgan fingerprint density at radius 2 is 1.21 bits per heavy atom. The van der Waals surface area contributed by atoms with Gasteiger partial charge in [-0.3, -0.25) is 0 Å². The molecule has 24 heavy (non-hydrogen) atoms. The van der Waals surface area contributed by atoms with Gasteiger partial charge in [-0.15, -0.1) is 0 Å². The maximum atomic E-state index is 6.35. The predicted molar refractivity (Wildman–Crippen MR) is 119 cm³/mol. The Morgan fingerprint density at radius 3 is 1.58 bits per heavy atom. The molecule has 1 aromatic rings. The van der Waals surface area contributed by atoms with Crippen LogP contribution in [0.25, 0.3) is 0 Å². The summed E-state index contributed by atoms with van der Waals surface area (Å²) in [5.41, 5.74) is 0. The second-order valence-electron chi connectivity index (χ2n) is 5.35. The van der Waals surface area contributed by atoms with Crippen LogP contribution in [0.2, 0.25) is 39.3 Å². The molecule has 0 heterocycles. The first-order valence-corrected chi connectivity index (χ1v) is 16.9. The summed E-state index contributed by atoms with van der Waals surface area (Å²) in [5, 5.41) is 1.21. The van der Waals surface area contributed by atoms with Crippen LogP contribution in [0.3, 0.4) is 0 Å². The molecule has 0 aliphatic carbocycles. The third-order valence-corrected chi connectivity index (χ3v) is 14.5. The number of hydrogen-bond donors (Lipinski definition) is 0. The normalized spacial score (nSPS) is 13.2. The van der Waals surface area contributed by atoms with Crippen LogP contribution < -0.4 is 5.19 Å². The second kappa shape index (κ2) is 17.0. The van der Waals surface area contributed by atoms with Crippen LogP contribution in [0.4, 0.5) is 0 Å². The third kappa shape index (κ3) is 12.8. The van der Waals surface area contributed by atoms with Gasteiger partial charge in [-0.05, 0) is 44.5 Å². The molecule has 1 radical (unpaired) electrons. The molecular weight excluding hydrogens is 403 g/mol. The molecule has 2 atom stereocenters. The molecule has 2 unspecified atom stereocenters. The average Bonchev–Trinajstić information content (AvgIpc) is 2.27. The first-order valence-electron chi connectivity index (χ1n) is 6.90. The van der Waals surface area contributed by atoms with E-state index < -0.39 is 35.9 Å². The number of benzene rings is 1. The first kappa shape index (κ1) is 35.6. The van der Waals surface area contributed by atoms with Crippen LogP contribution in [0.15, 0.2) is 30.3 Å². The quantitative estimate of drug-likeness (QED) is 0.583. The molecule has 0 amide bonds. The van der Waals surface area contributed by atoms with Gasteiger partial charge < -0.3 is 12.3 Å². The van der Waals surface area contributed by atoms with Crippen molar-refractivity contribution in [1.29, 1.82) is 0 Å². The Morgan fingerprint density at radius 1 is 0.750 bits per heavy atom. The van der Waals surface area contributed by atoms with Gasteiger partial charge in [-0.25, -0.2) is 0 Å². The van der Waals surface area contributed by atoms with E-state index in [9.17, 15) is 0 Å². The van der Waals surface area contributed by atoms with Gasteiger partial charge in [0.2, 0.25) is 0 Å². The smallest absolute Gasteiger partial charge is 0.349 e. The van der Waals surface area contributed by atoms with Crippen LogP contribution in [0, 0.1) is 0 Å². The van der Waals surface area contributed by atoms with Crippen molar-refractivity contribution in [3.8, 4) is 0 Å². The fourth-order valence-electron chi connectivity index (χ4n) is 2.08. The zero-order valence-electron chi connectivity index (χ0n) is 13.3. The summed E-state index contributed by atoms with van der Waals surface area (Å²) in [6.45, 7) is 13.0. The fourth-order valence-corrected chi connectivity index (χ4v) is 14.6. The fraction of sp³-hybridized carbons (Fsp3) is 0.625. The molecule has 0 aliphatic rings. The molecule has 1 rings (SSSR count). The first-order chi connectivity index (χ1) is 8.83. The van der Waals surface area contributed by atoms with Gasteiger partial charge in [0.15, 0.2) is 18.1 Å². The van der Waals surface area contributed by atoms with Gasteiger partial charge in [-0.1, -0.05) is 60.0 Å². The van der Waals surface area contributed by atoms with Gasteiger partial charge in [0.05, 0.1) is 0 Å². The van der Waals surface area contributed by atoms with E-state index in [2.05, 4.69) is 63.5 Å². The van der Waals surface area contributed by atoms with Gasteiger partial charge in [0, 0.05) is 18.6 Å². The minimum Gasteiger partial charge on any atom is -0.442 e. The Balaban J connectivity index is -0.000000241. The molecule has 0 bridgehead atoms. The molecule has 1 aromatic carbocycles. The van der Waals surface area contributed by atoms with E-state index in [1.807, 2.05) is 6.07 Å². The standard InChI is InChI=1S/C12H26O3Si4.4CH4.V/c1-16(2)13-18(5)15-19(6,14-17(3)4)12-10-8-7-9-11-12;;;;;/h7-11,16-18H,1-6H3;4*1H4;. The van der Waals surface area contributed by atoms with E-state index in [1.165, 1.54) is 5.19 Å². The molecule has 0 spiro atoms. The maximum absolute atomic E-state index is 6.35.